The number of fused-ring (bicyclic) bond motifs is 5. The van der Waals surface area contributed by atoms with E-state index in [0.29, 0.717) is 0 Å². The largest absolute Gasteiger partial charge is 0.157 e. The van der Waals surface area contributed by atoms with E-state index in [4.69, 9.17) is 0 Å². The smallest absolute Gasteiger partial charge is 0.0728 e. The Balaban J connectivity index is 2.38. The first-order chi connectivity index (χ1) is 7.93. The third-order valence-corrected chi connectivity index (χ3v) is 2.79. The van der Waals surface area contributed by atoms with Crippen molar-refractivity contribution in [3.05, 3.63) is 48.5 Å². The average Bonchev–Trinajstić information content (AvgIpc) is 2.83. The highest BCUT2D eigenvalue weighted by Crippen LogP contribution is 2.14. The third-order valence-electron chi connectivity index (χ3n) is 2.79. The molecule has 2 aromatic carbocycles. The van der Waals surface area contributed by atoms with E-state index in [0.717, 1.165) is 22.1 Å². The van der Waals surface area contributed by atoms with Gasteiger partial charge in [0.2, 0.25) is 0 Å². The Morgan fingerprint density at radius 1 is 0.938 bits per heavy atom. The Hall–Kier alpha value is -2.36. The van der Waals surface area contributed by atoms with Crippen molar-refractivity contribution in [3.8, 4) is 0 Å². The van der Waals surface area contributed by atoms with Crippen LogP contribution in [-0.4, -0.2) is 9.61 Å². The van der Waals surface area contributed by atoms with Gasteiger partial charge in [-0.15, -0.1) is 0 Å². The molecule has 0 atom stereocenters. The Labute approximate surface area is 90.7 Å². The molecule has 0 radical (unpaired) electrons. The summed E-state index contributed by atoms with van der Waals surface area (Å²) in [6, 6.07) is 16.1. The number of benzene rings is 2. The van der Waals surface area contributed by atoms with E-state index in [1.54, 1.807) is 4.74 Å². The lowest BCUT2D eigenvalue weighted by Crippen LogP contribution is -2.32. The summed E-state index contributed by atoms with van der Waals surface area (Å²) in [6.45, 7) is 0. The van der Waals surface area contributed by atoms with E-state index in [-0.39, 0.29) is 0 Å². The lowest BCUT2D eigenvalue weighted by Gasteiger charge is -1.90. The van der Waals surface area contributed by atoms with Crippen molar-refractivity contribution in [2.24, 2.45) is 0 Å². The van der Waals surface area contributed by atoms with Crippen LogP contribution in [0.3, 0.4) is 0 Å². The van der Waals surface area contributed by atoms with Crippen LogP contribution in [0.15, 0.2) is 48.5 Å². The highest BCUT2D eigenvalue weighted by Gasteiger charge is 2.08. The third kappa shape index (κ3) is 0.839. The minimum atomic E-state index is 0.959. The highest BCUT2D eigenvalue weighted by atomic mass is 15.6. The Bertz CT molecular complexity index is 744. The molecule has 16 heavy (non-hydrogen) atoms. The topological polar surface area (TPSA) is 35.5 Å². The standard InChI is InChI=1S/C12H8N4/c1-3-7-11-9(5-1)13-16-14-10-6-2-4-8-12(10)15(11)16/h1-8H. The molecule has 0 aliphatic heterocycles. The summed E-state index contributed by atoms with van der Waals surface area (Å²) >= 11 is 0. The fourth-order valence-electron chi connectivity index (χ4n) is 2.08. The quantitative estimate of drug-likeness (QED) is 0.407. The summed E-state index contributed by atoms with van der Waals surface area (Å²) in [5, 5.41) is 8.84. The van der Waals surface area contributed by atoms with Gasteiger partial charge in [0.25, 0.3) is 0 Å². The zero-order valence-corrected chi connectivity index (χ0v) is 8.41. The van der Waals surface area contributed by atoms with Crippen LogP contribution in [-0.2, 0) is 0 Å². The fourth-order valence-corrected chi connectivity index (χ4v) is 2.08. The minimum Gasteiger partial charge on any atom is -0.157 e. The first kappa shape index (κ1) is 7.87. The van der Waals surface area contributed by atoms with Crippen LogP contribution in [0.5, 0.6) is 0 Å². The number of nitrogens with zero attached hydrogens (tertiary/aromatic N) is 4. The Kier molecular flexibility index (Phi) is 1.28. The molecule has 4 nitrogen and oxygen atoms in total. The molecule has 0 unspecified atom stereocenters. The van der Waals surface area contributed by atoms with E-state index in [9.17, 15) is 0 Å². The van der Waals surface area contributed by atoms with Crippen LogP contribution < -0.4 is 9.84 Å². The molecule has 2 aromatic heterocycles. The monoisotopic (exact) mass is 208 g/mol. The van der Waals surface area contributed by atoms with Gasteiger partial charge in [0.15, 0.2) is 0 Å². The van der Waals surface area contributed by atoms with Gasteiger partial charge in [-0.2, -0.15) is 4.52 Å². The van der Waals surface area contributed by atoms with Crippen LogP contribution in [0.25, 0.3) is 22.1 Å². The number of hydrogen-bond acceptors (Lipinski definition) is 1. The maximum Gasteiger partial charge on any atom is 0.0728 e. The van der Waals surface area contributed by atoms with Gasteiger partial charge in [0, 0.05) is 0 Å². The van der Waals surface area contributed by atoms with Gasteiger partial charge in [-0.1, -0.05) is 34.5 Å². The van der Waals surface area contributed by atoms with Gasteiger partial charge in [-0.3, -0.25) is 0 Å². The predicted octanol–water partition coefficient (Wildman–Crippen LogP) is 1.18. The van der Waals surface area contributed by atoms with E-state index in [1.807, 2.05) is 40.9 Å². The van der Waals surface area contributed by atoms with Crippen LogP contribution in [0.2, 0.25) is 0 Å². The molecule has 0 aliphatic rings. The first-order valence-electron chi connectivity index (χ1n) is 5.15. The highest BCUT2D eigenvalue weighted by molar-refractivity contribution is 5.81. The zero-order chi connectivity index (χ0) is 10.5. The van der Waals surface area contributed by atoms with Crippen molar-refractivity contribution in [1.82, 2.24) is 14.7 Å². The second kappa shape index (κ2) is 2.61. The molecule has 0 saturated heterocycles. The summed E-state index contributed by atoms with van der Waals surface area (Å²) in [6.07, 6.45) is 0. The normalized spacial score (nSPS) is 11.8. The van der Waals surface area contributed by atoms with Gasteiger partial charge in [-0.25, -0.2) is 0 Å². The molecule has 0 aliphatic carbocycles. The second-order valence-electron chi connectivity index (χ2n) is 3.76. The molecule has 0 N–H and O–H groups in total. The van der Waals surface area contributed by atoms with Crippen molar-refractivity contribution in [1.29, 1.82) is 0 Å². The summed E-state index contributed by atoms with van der Waals surface area (Å²) in [5.74, 6) is 0. The second-order valence-corrected chi connectivity index (χ2v) is 3.76. The van der Waals surface area contributed by atoms with Crippen LogP contribution >= 0.6 is 0 Å². The molecule has 0 saturated carbocycles. The van der Waals surface area contributed by atoms with Crippen molar-refractivity contribution < 1.29 is 4.74 Å². The first-order valence-corrected chi connectivity index (χ1v) is 5.15. The fraction of sp³-hybridized carbons (Fsp3) is 0. The molecule has 4 aromatic rings. The van der Waals surface area contributed by atoms with Gasteiger partial charge in [0.05, 0.1) is 22.1 Å². The Morgan fingerprint density at radius 3 is 2.62 bits per heavy atom. The minimum absolute atomic E-state index is 0.959. The maximum absolute atomic E-state index is 4.42. The number of rotatable bonds is 0. The van der Waals surface area contributed by atoms with Gasteiger partial charge >= 0.3 is 0 Å². The van der Waals surface area contributed by atoms with Gasteiger partial charge < -0.3 is 0 Å². The van der Waals surface area contributed by atoms with E-state index in [1.165, 1.54) is 0 Å². The molecular weight excluding hydrogens is 200 g/mol. The van der Waals surface area contributed by atoms with Crippen molar-refractivity contribution in [2.45, 2.75) is 0 Å². The molecule has 0 bridgehead atoms. The summed E-state index contributed by atoms with van der Waals surface area (Å²) in [7, 11) is 0. The summed E-state index contributed by atoms with van der Waals surface area (Å²) in [4.78, 5) is 0. The summed E-state index contributed by atoms with van der Waals surface area (Å²) in [5.41, 5.74) is 4.08. The lowest BCUT2D eigenvalue weighted by molar-refractivity contribution is -0.727. The van der Waals surface area contributed by atoms with E-state index in [2.05, 4.69) is 22.3 Å². The predicted molar refractivity (Wildman–Crippen MR) is 59.2 cm³/mol. The van der Waals surface area contributed by atoms with Crippen molar-refractivity contribution in [2.75, 3.05) is 0 Å². The molecule has 0 fully saturated rings. The molecule has 0 amide bonds. The van der Waals surface area contributed by atoms with Crippen molar-refractivity contribution in [3.63, 3.8) is 0 Å². The molecule has 2 heterocycles. The molecule has 4 heteroatoms. The van der Waals surface area contributed by atoms with E-state index < -0.39 is 0 Å². The van der Waals surface area contributed by atoms with Crippen LogP contribution in [0, 0.1) is 0 Å². The van der Waals surface area contributed by atoms with Gasteiger partial charge in [0.1, 0.15) is 0 Å². The molecular formula is C12H8N4. The number of aromatic nitrogens is 4. The van der Waals surface area contributed by atoms with Crippen LogP contribution in [0.1, 0.15) is 0 Å². The molecule has 76 valence electrons. The average molecular weight is 208 g/mol. The summed E-state index contributed by atoms with van der Waals surface area (Å²) < 4.78 is 3.67. The molecule has 4 rings (SSSR count). The SMILES string of the molecule is c1ccc2c(c1)n[n+]1[n-]c3ccccc3n21. The zero-order valence-electron chi connectivity index (χ0n) is 8.41. The van der Waals surface area contributed by atoms with Gasteiger partial charge in [-0.05, 0) is 29.0 Å². The van der Waals surface area contributed by atoms with Crippen molar-refractivity contribution >= 4 is 22.1 Å². The lowest BCUT2D eigenvalue weighted by atomic mass is 10.3. The maximum atomic E-state index is 4.42. The van der Waals surface area contributed by atoms with Crippen LogP contribution in [0.4, 0.5) is 0 Å². The Morgan fingerprint density at radius 2 is 1.69 bits per heavy atom. The number of para-hydroxylation sites is 2. The molecule has 0 spiro atoms. The van der Waals surface area contributed by atoms with E-state index >= 15 is 0 Å². The number of hydrogen-bond donors (Lipinski definition) is 0.